The quantitative estimate of drug-likeness (QED) is 0.715. The summed E-state index contributed by atoms with van der Waals surface area (Å²) in [7, 11) is 0. The molecule has 0 radical (unpaired) electrons. The second-order valence-corrected chi connectivity index (χ2v) is 5.80. The molecule has 2 nitrogen and oxygen atoms in total. The van der Waals surface area contributed by atoms with Gasteiger partial charge in [-0.25, -0.2) is 0 Å². The third kappa shape index (κ3) is 6.19. The lowest BCUT2D eigenvalue weighted by Gasteiger charge is -2.44. The summed E-state index contributed by atoms with van der Waals surface area (Å²) in [6.45, 7) is 7.83. The molecule has 0 amide bonds. The van der Waals surface area contributed by atoms with Crippen LogP contribution in [0.3, 0.4) is 0 Å². The van der Waals surface area contributed by atoms with Crippen molar-refractivity contribution in [3.63, 3.8) is 0 Å². The second kappa shape index (κ2) is 9.80. The third-order valence-electron chi connectivity index (χ3n) is 4.19. The Balaban J connectivity index is 0.000000180. The van der Waals surface area contributed by atoms with E-state index in [0.29, 0.717) is 5.60 Å². The topological polar surface area (TPSA) is 21.3 Å². The molecule has 0 aliphatic carbocycles. The van der Waals surface area contributed by atoms with Gasteiger partial charge in [-0.1, -0.05) is 58.8 Å². The molecule has 2 aliphatic heterocycles. The molecule has 0 bridgehead atoms. The summed E-state index contributed by atoms with van der Waals surface area (Å²) < 4.78 is 5.52. The summed E-state index contributed by atoms with van der Waals surface area (Å²) in [5.41, 5.74) is 0.339. The molecule has 2 saturated heterocycles. The second-order valence-electron chi connectivity index (χ2n) is 5.80. The van der Waals surface area contributed by atoms with Crippen LogP contribution in [0.1, 0.15) is 78.1 Å². The summed E-state index contributed by atoms with van der Waals surface area (Å²) in [4.78, 5) is 0. The molecule has 0 aromatic carbocycles. The Morgan fingerprint density at radius 3 is 1.67 bits per heavy atom. The van der Waals surface area contributed by atoms with E-state index < -0.39 is 0 Å². The van der Waals surface area contributed by atoms with Crippen molar-refractivity contribution in [2.75, 3.05) is 19.7 Å². The van der Waals surface area contributed by atoms with Gasteiger partial charge < -0.3 is 10.1 Å². The van der Waals surface area contributed by atoms with Crippen molar-refractivity contribution in [3.8, 4) is 0 Å². The largest absolute Gasteiger partial charge is 0.375 e. The van der Waals surface area contributed by atoms with E-state index in [1.54, 1.807) is 0 Å². The summed E-state index contributed by atoms with van der Waals surface area (Å²) in [5, 5.41) is 3.33. The van der Waals surface area contributed by atoms with Gasteiger partial charge in [-0.2, -0.15) is 0 Å². The monoisotopic (exact) mass is 255 g/mol. The zero-order chi connectivity index (χ0) is 13.1. The van der Waals surface area contributed by atoms with Crippen molar-refractivity contribution in [1.29, 1.82) is 0 Å². The Labute approximate surface area is 114 Å². The Bertz CT molecular complexity index is 176. The van der Waals surface area contributed by atoms with Crippen LogP contribution in [0.2, 0.25) is 0 Å². The van der Waals surface area contributed by atoms with Crippen LogP contribution in [-0.4, -0.2) is 25.3 Å². The molecule has 0 saturated carbocycles. The molecular formula is C16H33NO. The number of nitrogens with one attached hydrogen (secondary N) is 1. The maximum Gasteiger partial charge on any atom is 0.0728 e. The maximum atomic E-state index is 5.52. The highest BCUT2D eigenvalue weighted by Gasteiger charge is 2.38. The van der Waals surface area contributed by atoms with Crippen molar-refractivity contribution < 1.29 is 4.74 Å². The lowest BCUT2D eigenvalue weighted by molar-refractivity contribution is -0.160. The van der Waals surface area contributed by atoms with E-state index in [4.69, 9.17) is 4.74 Å². The zero-order valence-corrected chi connectivity index (χ0v) is 12.6. The van der Waals surface area contributed by atoms with Gasteiger partial charge in [-0.15, -0.1) is 0 Å². The smallest absolute Gasteiger partial charge is 0.0728 e. The van der Waals surface area contributed by atoms with Gasteiger partial charge in [0.25, 0.3) is 0 Å². The van der Waals surface area contributed by atoms with Gasteiger partial charge in [0.15, 0.2) is 0 Å². The van der Waals surface area contributed by atoms with E-state index in [2.05, 4.69) is 19.2 Å². The number of hydrogen-bond donors (Lipinski definition) is 1. The van der Waals surface area contributed by atoms with Gasteiger partial charge >= 0.3 is 0 Å². The van der Waals surface area contributed by atoms with Crippen LogP contribution in [0.25, 0.3) is 0 Å². The molecule has 0 unspecified atom stereocenters. The van der Waals surface area contributed by atoms with Crippen LogP contribution >= 0.6 is 0 Å². The number of hydrogen-bond acceptors (Lipinski definition) is 2. The molecule has 2 heteroatoms. The van der Waals surface area contributed by atoms with Crippen LogP contribution in [0.15, 0.2) is 0 Å². The Kier molecular flexibility index (Phi) is 8.70. The minimum absolute atomic E-state index is 0.339. The van der Waals surface area contributed by atoms with E-state index >= 15 is 0 Å². The van der Waals surface area contributed by atoms with Crippen molar-refractivity contribution in [2.45, 2.75) is 83.7 Å². The van der Waals surface area contributed by atoms with E-state index in [1.165, 1.54) is 64.2 Å². The first-order valence-corrected chi connectivity index (χ1v) is 8.17. The van der Waals surface area contributed by atoms with Crippen LogP contribution in [0.4, 0.5) is 0 Å². The van der Waals surface area contributed by atoms with Crippen LogP contribution < -0.4 is 5.32 Å². The third-order valence-corrected chi connectivity index (χ3v) is 4.19. The van der Waals surface area contributed by atoms with Crippen LogP contribution in [-0.2, 0) is 4.74 Å². The number of unbranched alkanes of at least 4 members (excludes halogenated alkanes) is 6. The normalized spacial score (nSPS) is 21.0. The molecule has 1 spiro atoms. The number of rotatable bonds is 6. The van der Waals surface area contributed by atoms with Gasteiger partial charge in [0, 0.05) is 0 Å². The molecule has 2 heterocycles. The SMILES string of the molecule is C1CC2(CCN1)CCO2.CCCCCCCCC. The molecule has 1 N–H and O–H groups in total. The zero-order valence-electron chi connectivity index (χ0n) is 12.6. The van der Waals surface area contributed by atoms with E-state index in [9.17, 15) is 0 Å². The molecular weight excluding hydrogens is 222 g/mol. The first-order valence-electron chi connectivity index (χ1n) is 8.17. The van der Waals surface area contributed by atoms with Gasteiger partial charge in [0.2, 0.25) is 0 Å². The van der Waals surface area contributed by atoms with Gasteiger partial charge in [0.05, 0.1) is 12.2 Å². The number of ether oxygens (including phenoxy) is 1. The molecule has 2 aliphatic rings. The molecule has 0 atom stereocenters. The summed E-state index contributed by atoms with van der Waals surface area (Å²) >= 11 is 0. The first kappa shape index (κ1) is 16.0. The van der Waals surface area contributed by atoms with E-state index in [1.807, 2.05) is 0 Å². The van der Waals surface area contributed by atoms with E-state index in [-0.39, 0.29) is 0 Å². The fourth-order valence-corrected chi connectivity index (χ4v) is 2.70. The average Bonchev–Trinajstić information content (AvgIpc) is 2.39. The predicted octanol–water partition coefficient (Wildman–Crippen LogP) is 4.29. The van der Waals surface area contributed by atoms with E-state index in [0.717, 1.165) is 19.7 Å². The lowest BCUT2D eigenvalue weighted by atomic mass is 9.85. The molecule has 0 aromatic heterocycles. The van der Waals surface area contributed by atoms with Gasteiger partial charge in [-0.3, -0.25) is 0 Å². The first-order chi connectivity index (χ1) is 8.83. The van der Waals surface area contributed by atoms with Gasteiger partial charge in [-0.05, 0) is 32.4 Å². The van der Waals surface area contributed by atoms with Crippen molar-refractivity contribution >= 4 is 0 Å². The summed E-state index contributed by atoms with van der Waals surface area (Å²) in [6, 6.07) is 0. The fourth-order valence-electron chi connectivity index (χ4n) is 2.70. The molecule has 18 heavy (non-hydrogen) atoms. The highest BCUT2D eigenvalue weighted by Crippen LogP contribution is 2.34. The van der Waals surface area contributed by atoms with Crippen molar-refractivity contribution in [2.24, 2.45) is 0 Å². The summed E-state index contributed by atoms with van der Waals surface area (Å²) in [5.74, 6) is 0. The Morgan fingerprint density at radius 1 is 0.833 bits per heavy atom. The number of piperidine rings is 1. The van der Waals surface area contributed by atoms with Gasteiger partial charge in [0.1, 0.15) is 0 Å². The van der Waals surface area contributed by atoms with Crippen molar-refractivity contribution in [3.05, 3.63) is 0 Å². The molecule has 2 fully saturated rings. The van der Waals surface area contributed by atoms with Crippen LogP contribution in [0, 0.1) is 0 Å². The average molecular weight is 255 g/mol. The molecule has 2 rings (SSSR count). The lowest BCUT2D eigenvalue weighted by Crippen LogP contribution is -2.51. The minimum atomic E-state index is 0.339. The van der Waals surface area contributed by atoms with Crippen LogP contribution in [0.5, 0.6) is 0 Å². The molecule has 108 valence electrons. The highest BCUT2D eigenvalue weighted by atomic mass is 16.5. The fraction of sp³-hybridized carbons (Fsp3) is 1.00. The Morgan fingerprint density at radius 2 is 1.33 bits per heavy atom. The standard InChI is InChI=1S/C9H20.C7H13NO/c1-3-5-7-9-8-6-4-2;1-4-8-5-2-7(1)3-6-9-7/h3-9H2,1-2H3;8H,1-6H2. The predicted molar refractivity (Wildman–Crippen MR) is 79.1 cm³/mol. The minimum Gasteiger partial charge on any atom is -0.375 e. The molecule has 0 aromatic rings. The maximum absolute atomic E-state index is 5.52. The Hall–Kier alpha value is -0.0800. The van der Waals surface area contributed by atoms with Crippen molar-refractivity contribution in [1.82, 2.24) is 5.32 Å². The summed E-state index contributed by atoms with van der Waals surface area (Å²) in [6.07, 6.45) is 13.7. The highest BCUT2D eigenvalue weighted by molar-refractivity contribution is 4.91.